The Morgan fingerprint density at radius 3 is 3.00 bits per heavy atom. The third kappa shape index (κ3) is 2.66. The van der Waals surface area contributed by atoms with Crippen LogP contribution in [0, 0.1) is 11.8 Å². The van der Waals surface area contributed by atoms with Crippen LogP contribution in [0.25, 0.3) is 0 Å². The minimum atomic E-state index is 0.768. The molecule has 0 radical (unpaired) electrons. The van der Waals surface area contributed by atoms with Crippen LogP contribution in [0.1, 0.15) is 26.7 Å². The van der Waals surface area contributed by atoms with Crippen LogP contribution in [0.2, 0.25) is 0 Å². The van der Waals surface area contributed by atoms with Crippen molar-refractivity contribution in [2.45, 2.75) is 26.7 Å². The van der Waals surface area contributed by atoms with Crippen molar-refractivity contribution in [3.8, 4) is 0 Å². The van der Waals surface area contributed by atoms with Gasteiger partial charge >= 0.3 is 0 Å². The summed E-state index contributed by atoms with van der Waals surface area (Å²) in [5.41, 5.74) is 0. The summed E-state index contributed by atoms with van der Waals surface area (Å²) in [4.78, 5) is 0. The zero-order valence-corrected chi connectivity index (χ0v) is 7.64. The highest BCUT2D eigenvalue weighted by Gasteiger charge is 2.18. The molecule has 0 aromatic heterocycles. The lowest BCUT2D eigenvalue weighted by atomic mass is 9.93. The van der Waals surface area contributed by atoms with Crippen molar-refractivity contribution in [2.24, 2.45) is 11.8 Å². The van der Waals surface area contributed by atoms with Crippen LogP contribution in [0.5, 0.6) is 0 Å². The molecule has 1 aliphatic rings. The number of rotatable bonds is 3. The van der Waals surface area contributed by atoms with Crippen molar-refractivity contribution in [1.29, 1.82) is 0 Å². The van der Waals surface area contributed by atoms with Crippen LogP contribution in [0.15, 0.2) is 12.2 Å². The highest BCUT2D eigenvalue weighted by atomic mass is 14.9. The van der Waals surface area contributed by atoms with E-state index in [1.54, 1.807) is 0 Å². The van der Waals surface area contributed by atoms with Gasteiger partial charge < -0.3 is 5.32 Å². The van der Waals surface area contributed by atoms with E-state index in [1.807, 2.05) is 0 Å². The first-order valence-electron chi connectivity index (χ1n) is 4.72. The Bertz CT molecular complexity index is 123. The van der Waals surface area contributed by atoms with Crippen molar-refractivity contribution in [3.05, 3.63) is 12.2 Å². The molecule has 1 heterocycles. The first-order chi connectivity index (χ1) is 5.34. The lowest BCUT2D eigenvalue weighted by Gasteiger charge is -2.13. The van der Waals surface area contributed by atoms with Crippen molar-refractivity contribution < 1.29 is 0 Å². The van der Waals surface area contributed by atoms with E-state index < -0.39 is 0 Å². The van der Waals surface area contributed by atoms with Crippen LogP contribution in [0.4, 0.5) is 0 Å². The Kier molecular flexibility index (Phi) is 3.64. The zero-order valence-electron chi connectivity index (χ0n) is 7.64. The fourth-order valence-corrected chi connectivity index (χ4v) is 1.63. The van der Waals surface area contributed by atoms with Crippen molar-refractivity contribution >= 4 is 0 Å². The van der Waals surface area contributed by atoms with Crippen LogP contribution in [-0.2, 0) is 0 Å². The van der Waals surface area contributed by atoms with Gasteiger partial charge in [-0.05, 0) is 37.8 Å². The molecular weight excluding hydrogens is 134 g/mol. The Morgan fingerprint density at radius 2 is 2.45 bits per heavy atom. The molecule has 1 heteroatoms. The van der Waals surface area contributed by atoms with Gasteiger partial charge in [-0.3, -0.25) is 0 Å². The van der Waals surface area contributed by atoms with Crippen molar-refractivity contribution in [2.75, 3.05) is 13.1 Å². The van der Waals surface area contributed by atoms with Gasteiger partial charge in [0.1, 0.15) is 0 Å². The van der Waals surface area contributed by atoms with E-state index >= 15 is 0 Å². The molecule has 11 heavy (non-hydrogen) atoms. The Morgan fingerprint density at radius 1 is 1.64 bits per heavy atom. The van der Waals surface area contributed by atoms with Crippen molar-refractivity contribution in [3.63, 3.8) is 0 Å². The van der Waals surface area contributed by atoms with Gasteiger partial charge in [-0.15, -0.1) is 0 Å². The SMILES string of the molecule is CC/C=C\C(C)C1CCNC1. The molecule has 1 N–H and O–H groups in total. The van der Waals surface area contributed by atoms with Crippen LogP contribution in [-0.4, -0.2) is 13.1 Å². The largest absolute Gasteiger partial charge is 0.316 e. The normalized spacial score (nSPS) is 28.0. The second-order valence-corrected chi connectivity index (χ2v) is 3.45. The maximum Gasteiger partial charge on any atom is -0.00145 e. The summed E-state index contributed by atoms with van der Waals surface area (Å²) in [6.07, 6.45) is 7.17. The van der Waals surface area contributed by atoms with Gasteiger partial charge in [-0.2, -0.15) is 0 Å². The van der Waals surface area contributed by atoms with Crippen LogP contribution < -0.4 is 5.32 Å². The van der Waals surface area contributed by atoms with E-state index in [4.69, 9.17) is 0 Å². The highest BCUT2D eigenvalue weighted by Crippen LogP contribution is 2.19. The molecule has 0 aliphatic carbocycles. The maximum absolute atomic E-state index is 3.40. The first kappa shape index (κ1) is 8.79. The predicted octanol–water partition coefficient (Wildman–Crippen LogP) is 2.20. The fourth-order valence-electron chi connectivity index (χ4n) is 1.63. The zero-order chi connectivity index (χ0) is 8.10. The smallest absolute Gasteiger partial charge is 0.00145 e. The first-order valence-corrected chi connectivity index (χ1v) is 4.72. The molecule has 2 atom stereocenters. The molecule has 0 saturated carbocycles. The van der Waals surface area contributed by atoms with E-state index in [9.17, 15) is 0 Å². The third-order valence-corrected chi connectivity index (χ3v) is 2.52. The molecule has 1 nitrogen and oxygen atoms in total. The molecule has 64 valence electrons. The number of allylic oxidation sites excluding steroid dienone is 2. The Labute approximate surface area is 69.9 Å². The predicted molar refractivity (Wildman–Crippen MR) is 49.6 cm³/mol. The summed E-state index contributed by atoms with van der Waals surface area (Å²) in [5.74, 6) is 1.66. The van der Waals surface area contributed by atoms with Crippen LogP contribution in [0.3, 0.4) is 0 Å². The summed E-state index contributed by atoms with van der Waals surface area (Å²) in [5, 5.41) is 3.40. The van der Waals surface area contributed by atoms with Gasteiger partial charge in [-0.25, -0.2) is 0 Å². The summed E-state index contributed by atoms with van der Waals surface area (Å²) < 4.78 is 0. The maximum atomic E-state index is 3.40. The van der Waals surface area contributed by atoms with Gasteiger partial charge in [0.05, 0.1) is 0 Å². The molecule has 2 unspecified atom stereocenters. The molecule has 1 saturated heterocycles. The van der Waals surface area contributed by atoms with E-state index in [-0.39, 0.29) is 0 Å². The van der Waals surface area contributed by atoms with E-state index in [1.165, 1.54) is 25.9 Å². The van der Waals surface area contributed by atoms with Gasteiger partial charge in [-0.1, -0.05) is 26.0 Å². The summed E-state index contributed by atoms with van der Waals surface area (Å²) >= 11 is 0. The molecule has 0 aromatic carbocycles. The molecule has 0 bridgehead atoms. The highest BCUT2D eigenvalue weighted by molar-refractivity contribution is 4.91. The molecule has 0 aromatic rings. The fraction of sp³-hybridized carbons (Fsp3) is 0.800. The monoisotopic (exact) mass is 153 g/mol. The minimum absolute atomic E-state index is 0.768. The van der Waals surface area contributed by atoms with Gasteiger partial charge in [0.2, 0.25) is 0 Å². The van der Waals surface area contributed by atoms with Gasteiger partial charge in [0, 0.05) is 0 Å². The summed E-state index contributed by atoms with van der Waals surface area (Å²) in [6, 6.07) is 0. The Hall–Kier alpha value is -0.300. The topological polar surface area (TPSA) is 12.0 Å². The molecule has 1 aliphatic heterocycles. The lowest BCUT2D eigenvalue weighted by Crippen LogP contribution is -2.13. The molecule has 0 amide bonds. The minimum Gasteiger partial charge on any atom is -0.316 e. The molecule has 1 fully saturated rings. The van der Waals surface area contributed by atoms with E-state index in [2.05, 4.69) is 31.3 Å². The number of nitrogens with one attached hydrogen (secondary N) is 1. The average molecular weight is 153 g/mol. The number of hydrogen-bond donors (Lipinski definition) is 1. The standard InChI is InChI=1S/C10H19N/c1-3-4-5-9(2)10-6-7-11-8-10/h4-5,9-11H,3,6-8H2,1-2H3/b5-4-. The Balaban J connectivity index is 2.27. The molecule has 0 spiro atoms. The second-order valence-electron chi connectivity index (χ2n) is 3.45. The van der Waals surface area contributed by atoms with Gasteiger partial charge in [0.25, 0.3) is 0 Å². The molecule has 1 rings (SSSR count). The van der Waals surface area contributed by atoms with Crippen molar-refractivity contribution in [1.82, 2.24) is 5.32 Å². The van der Waals surface area contributed by atoms with Gasteiger partial charge in [0.15, 0.2) is 0 Å². The molecular formula is C10H19N. The van der Waals surface area contributed by atoms with E-state index in [0.29, 0.717) is 0 Å². The third-order valence-electron chi connectivity index (χ3n) is 2.52. The quantitative estimate of drug-likeness (QED) is 0.613. The number of hydrogen-bond acceptors (Lipinski definition) is 1. The average Bonchev–Trinajstić information content (AvgIpc) is 2.52. The summed E-state index contributed by atoms with van der Waals surface area (Å²) in [6.45, 7) is 6.95. The second kappa shape index (κ2) is 4.55. The van der Waals surface area contributed by atoms with Crippen LogP contribution >= 0.6 is 0 Å². The lowest BCUT2D eigenvalue weighted by molar-refractivity contribution is 0.459. The summed E-state index contributed by atoms with van der Waals surface area (Å²) in [7, 11) is 0. The van der Waals surface area contributed by atoms with E-state index in [0.717, 1.165) is 11.8 Å².